The molecule has 0 fully saturated rings. The molecule has 0 aliphatic rings. The molecule has 0 aliphatic heterocycles. The molecule has 1 N–H and O–H groups in total. The van der Waals surface area contributed by atoms with E-state index < -0.39 is 6.10 Å². The van der Waals surface area contributed by atoms with Crippen molar-refractivity contribution in [3.63, 3.8) is 0 Å². The van der Waals surface area contributed by atoms with E-state index in [1.54, 1.807) is 19.1 Å². The van der Waals surface area contributed by atoms with E-state index in [9.17, 15) is 4.79 Å². The molecule has 1 aromatic rings. The number of nitrogens with one attached hydrogen (secondary N) is 1. The molecule has 3 nitrogen and oxygen atoms in total. The minimum Gasteiger partial charge on any atom is -0.481 e. The highest BCUT2D eigenvalue weighted by atomic mass is 35.5. The maximum atomic E-state index is 11.9. The molecule has 0 bridgehead atoms. The first-order valence-electron chi connectivity index (χ1n) is 6.67. The lowest BCUT2D eigenvalue weighted by Crippen LogP contribution is -2.41. The van der Waals surface area contributed by atoms with Crippen LogP contribution >= 0.6 is 11.6 Å². The Hall–Kier alpha value is -1.22. The number of carbonyl (C=O) groups is 1. The van der Waals surface area contributed by atoms with Gasteiger partial charge < -0.3 is 10.1 Å². The van der Waals surface area contributed by atoms with Crippen molar-refractivity contribution in [2.24, 2.45) is 0 Å². The quantitative estimate of drug-likeness (QED) is 0.864. The summed E-state index contributed by atoms with van der Waals surface area (Å²) in [6, 6.07) is 5.54. The van der Waals surface area contributed by atoms with E-state index in [-0.39, 0.29) is 11.9 Å². The molecule has 0 radical (unpaired) electrons. The summed E-state index contributed by atoms with van der Waals surface area (Å²) in [5, 5.41) is 3.61. The SMILES string of the molecule is CCC[C@H](C)NC(=O)[C@@H](C)Oc1ccc(Cl)cc1C. The van der Waals surface area contributed by atoms with Gasteiger partial charge in [0.1, 0.15) is 5.75 Å². The van der Waals surface area contributed by atoms with Crippen molar-refractivity contribution in [3.8, 4) is 5.75 Å². The number of rotatable bonds is 6. The van der Waals surface area contributed by atoms with Crippen LogP contribution in [0.4, 0.5) is 0 Å². The molecule has 0 aromatic heterocycles. The summed E-state index contributed by atoms with van der Waals surface area (Å²) in [6.45, 7) is 7.76. The fourth-order valence-electron chi connectivity index (χ4n) is 1.85. The second-order valence-electron chi connectivity index (χ2n) is 4.87. The zero-order valence-electron chi connectivity index (χ0n) is 12.0. The molecule has 0 saturated carbocycles. The van der Waals surface area contributed by atoms with Gasteiger partial charge in [0.2, 0.25) is 0 Å². The van der Waals surface area contributed by atoms with Crippen molar-refractivity contribution in [2.45, 2.75) is 52.7 Å². The van der Waals surface area contributed by atoms with Gasteiger partial charge in [0, 0.05) is 11.1 Å². The maximum Gasteiger partial charge on any atom is 0.260 e. The summed E-state index contributed by atoms with van der Waals surface area (Å²) >= 11 is 5.88. The number of hydrogen-bond donors (Lipinski definition) is 1. The molecule has 106 valence electrons. The molecule has 1 rings (SSSR count). The van der Waals surface area contributed by atoms with E-state index in [1.807, 2.05) is 19.9 Å². The smallest absolute Gasteiger partial charge is 0.260 e. The van der Waals surface area contributed by atoms with Gasteiger partial charge in [0.05, 0.1) is 0 Å². The highest BCUT2D eigenvalue weighted by molar-refractivity contribution is 6.30. The van der Waals surface area contributed by atoms with E-state index in [0.717, 1.165) is 18.4 Å². The van der Waals surface area contributed by atoms with Crippen LogP contribution in [0.5, 0.6) is 5.75 Å². The second kappa shape index (κ2) is 7.39. The van der Waals surface area contributed by atoms with Crippen molar-refractivity contribution in [1.82, 2.24) is 5.32 Å². The molecule has 0 saturated heterocycles. The minimum atomic E-state index is -0.515. The predicted molar refractivity (Wildman–Crippen MR) is 78.8 cm³/mol. The zero-order chi connectivity index (χ0) is 14.4. The summed E-state index contributed by atoms with van der Waals surface area (Å²) in [5.41, 5.74) is 0.925. The standard InChI is InChI=1S/C15H22ClNO2/c1-5-6-11(3)17-15(18)12(4)19-14-8-7-13(16)9-10(14)2/h7-9,11-12H,5-6H2,1-4H3,(H,17,18)/t11-,12+/m0/s1. The summed E-state index contributed by atoms with van der Waals surface area (Å²) in [6.07, 6.45) is 1.50. The van der Waals surface area contributed by atoms with Crippen LogP contribution in [-0.2, 0) is 4.79 Å². The molecule has 0 spiro atoms. The number of carbonyl (C=O) groups excluding carboxylic acids is 1. The monoisotopic (exact) mass is 283 g/mol. The minimum absolute atomic E-state index is 0.0877. The second-order valence-corrected chi connectivity index (χ2v) is 5.30. The fourth-order valence-corrected chi connectivity index (χ4v) is 2.08. The molecule has 1 aromatic carbocycles. The Balaban J connectivity index is 2.58. The first-order chi connectivity index (χ1) is 8.93. The van der Waals surface area contributed by atoms with Crippen LogP contribution < -0.4 is 10.1 Å². The van der Waals surface area contributed by atoms with Gasteiger partial charge in [-0.25, -0.2) is 0 Å². The number of hydrogen-bond acceptors (Lipinski definition) is 2. The number of aryl methyl sites for hydroxylation is 1. The molecule has 2 atom stereocenters. The Bertz CT molecular complexity index is 434. The van der Waals surface area contributed by atoms with Crippen LogP contribution in [0, 0.1) is 6.92 Å². The van der Waals surface area contributed by atoms with E-state index in [1.165, 1.54) is 0 Å². The Labute approximate surface area is 120 Å². The molecule has 19 heavy (non-hydrogen) atoms. The number of amides is 1. The van der Waals surface area contributed by atoms with E-state index in [4.69, 9.17) is 16.3 Å². The highest BCUT2D eigenvalue weighted by Gasteiger charge is 2.17. The first-order valence-corrected chi connectivity index (χ1v) is 7.05. The van der Waals surface area contributed by atoms with E-state index >= 15 is 0 Å². The number of halogens is 1. The van der Waals surface area contributed by atoms with Gasteiger partial charge in [-0.15, -0.1) is 0 Å². The van der Waals surface area contributed by atoms with Crippen LogP contribution in [-0.4, -0.2) is 18.1 Å². The lowest BCUT2D eigenvalue weighted by molar-refractivity contribution is -0.127. The van der Waals surface area contributed by atoms with Gasteiger partial charge in [0.25, 0.3) is 5.91 Å². The summed E-state index contributed by atoms with van der Waals surface area (Å²) in [4.78, 5) is 11.9. The summed E-state index contributed by atoms with van der Waals surface area (Å²) < 4.78 is 5.67. The fraction of sp³-hybridized carbons (Fsp3) is 0.533. The van der Waals surface area contributed by atoms with Crippen LogP contribution in [0.2, 0.25) is 5.02 Å². The van der Waals surface area contributed by atoms with Gasteiger partial charge in [-0.3, -0.25) is 4.79 Å². The van der Waals surface area contributed by atoms with E-state index in [2.05, 4.69) is 12.2 Å². The lowest BCUT2D eigenvalue weighted by Gasteiger charge is -2.19. The van der Waals surface area contributed by atoms with Crippen LogP contribution in [0.1, 0.15) is 39.2 Å². The van der Waals surface area contributed by atoms with Gasteiger partial charge >= 0.3 is 0 Å². The highest BCUT2D eigenvalue weighted by Crippen LogP contribution is 2.22. The number of benzene rings is 1. The molecular weight excluding hydrogens is 262 g/mol. The predicted octanol–water partition coefficient (Wildman–Crippen LogP) is 3.72. The van der Waals surface area contributed by atoms with Gasteiger partial charge in [0.15, 0.2) is 6.10 Å². The topological polar surface area (TPSA) is 38.3 Å². The van der Waals surface area contributed by atoms with Crippen LogP contribution in [0.15, 0.2) is 18.2 Å². The third kappa shape index (κ3) is 5.11. The molecule has 0 heterocycles. The molecule has 4 heteroatoms. The van der Waals surface area contributed by atoms with Crippen molar-refractivity contribution in [2.75, 3.05) is 0 Å². The van der Waals surface area contributed by atoms with Crippen molar-refractivity contribution < 1.29 is 9.53 Å². The normalized spacial score (nSPS) is 13.7. The van der Waals surface area contributed by atoms with Gasteiger partial charge in [-0.2, -0.15) is 0 Å². The van der Waals surface area contributed by atoms with Crippen molar-refractivity contribution in [3.05, 3.63) is 28.8 Å². The van der Waals surface area contributed by atoms with Gasteiger partial charge in [-0.1, -0.05) is 24.9 Å². The Morgan fingerprint density at radius 1 is 1.42 bits per heavy atom. The third-order valence-electron chi connectivity index (χ3n) is 2.92. The summed E-state index contributed by atoms with van der Waals surface area (Å²) in [5.74, 6) is 0.602. The Morgan fingerprint density at radius 3 is 2.68 bits per heavy atom. The molecular formula is C15H22ClNO2. The average molecular weight is 284 g/mol. The Kier molecular flexibility index (Phi) is 6.16. The molecule has 1 amide bonds. The largest absolute Gasteiger partial charge is 0.481 e. The maximum absolute atomic E-state index is 11.9. The van der Waals surface area contributed by atoms with Crippen LogP contribution in [0.25, 0.3) is 0 Å². The van der Waals surface area contributed by atoms with E-state index in [0.29, 0.717) is 10.8 Å². The first kappa shape index (κ1) is 15.8. The van der Waals surface area contributed by atoms with Crippen molar-refractivity contribution in [1.29, 1.82) is 0 Å². The lowest BCUT2D eigenvalue weighted by atomic mass is 10.2. The average Bonchev–Trinajstić information content (AvgIpc) is 2.32. The van der Waals surface area contributed by atoms with Gasteiger partial charge in [-0.05, 0) is 51.0 Å². The molecule has 0 aliphatic carbocycles. The zero-order valence-corrected chi connectivity index (χ0v) is 12.8. The van der Waals surface area contributed by atoms with Crippen LogP contribution in [0.3, 0.4) is 0 Å². The summed E-state index contributed by atoms with van der Waals surface area (Å²) in [7, 11) is 0. The molecule has 0 unspecified atom stereocenters. The third-order valence-corrected chi connectivity index (χ3v) is 3.16. The number of ether oxygens (including phenoxy) is 1. The Morgan fingerprint density at radius 2 is 2.11 bits per heavy atom. The van der Waals surface area contributed by atoms with Crippen molar-refractivity contribution >= 4 is 17.5 Å².